The number of ether oxygens (including phenoxy) is 2. The lowest BCUT2D eigenvalue weighted by atomic mass is 10.0. The molecular weight excluding hydrogens is 318 g/mol. The summed E-state index contributed by atoms with van der Waals surface area (Å²) in [5, 5.41) is 0. The number of Topliss-reactive ketones (excluding diaryl/α,β-unsaturated/α-hetero) is 1. The molecule has 25 heavy (non-hydrogen) atoms. The van der Waals surface area contributed by atoms with E-state index in [1.807, 2.05) is 54.6 Å². The molecule has 0 saturated carbocycles. The molecule has 0 radical (unpaired) electrons. The monoisotopic (exact) mass is 335 g/mol. The van der Waals surface area contributed by atoms with E-state index < -0.39 is 11.9 Å². The molecule has 5 heteroatoms. The predicted molar refractivity (Wildman–Crippen MR) is 94.6 cm³/mol. The highest BCUT2D eigenvalue weighted by Crippen LogP contribution is 2.26. The van der Waals surface area contributed by atoms with Crippen LogP contribution in [0, 0.1) is 5.92 Å². The van der Waals surface area contributed by atoms with Crippen molar-refractivity contribution in [2.45, 2.75) is 6.92 Å². The van der Waals surface area contributed by atoms with Gasteiger partial charge in [-0.1, -0.05) is 30.3 Å². The van der Waals surface area contributed by atoms with E-state index in [9.17, 15) is 9.59 Å². The normalized spacial score (nSPS) is 18.2. The van der Waals surface area contributed by atoms with Crippen LogP contribution in [-0.2, 0) is 14.3 Å². The zero-order valence-electron chi connectivity index (χ0n) is 13.9. The third-order valence-corrected chi connectivity index (χ3v) is 3.81. The fourth-order valence-corrected chi connectivity index (χ4v) is 2.60. The average molecular weight is 335 g/mol. The average Bonchev–Trinajstić information content (AvgIpc) is 2.89. The van der Waals surface area contributed by atoms with Gasteiger partial charge < -0.3 is 9.47 Å². The van der Waals surface area contributed by atoms with Crippen molar-refractivity contribution in [1.29, 1.82) is 0 Å². The van der Waals surface area contributed by atoms with Crippen molar-refractivity contribution >= 4 is 23.5 Å². The summed E-state index contributed by atoms with van der Waals surface area (Å²) in [5.74, 6) is -0.505. The fraction of sp³-hybridized carbons (Fsp3) is 0.150. The number of benzene rings is 2. The van der Waals surface area contributed by atoms with E-state index in [1.165, 1.54) is 7.11 Å². The fourth-order valence-electron chi connectivity index (χ4n) is 2.60. The standard InChI is InChI=1S/C20H17NO4/c1-13-18(20(23)24-2)19(22)17(21-13)12-14-7-6-10-16(11-14)25-15-8-4-3-5-9-15/h3-12,18H,1-2H3/b17-12+. The number of hydrogen-bond acceptors (Lipinski definition) is 5. The highest BCUT2D eigenvalue weighted by Gasteiger charge is 2.37. The van der Waals surface area contributed by atoms with E-state index in [0.29, 0.717) is 11.5 Å². The van der Waals surface area contributed by atoms with Gasteiger partial charge in [0.05, 0.1) is 7.11 Å². The Morgan fingerprint density at radius 2 is 1.80 bits per heavy atom. The number of carbonyl (C=O) groups is 2. The van der Waals surface area contributed by atoms with Crippen LogP contribution in [0.4, 0.5) is 0 Å². The van der Waals surface area contributed by atoms with Crippen LogP contribution < -0.4 is 4.74 Å². The summed E-state index contributed by atoms with van der Waals surface area (Å²) in [4.78, 5) is 28.3. The summed E-state index contributed by atoms with van der Waals surface area (Å²) in [7, 11) is 1.26. The van der Waals surface area contributed by atoms with E-state index in [0.717, 1.165) is 11.3 Å². The van der Waals surface area contributed by atoms with Crippen LogP contribution in [0.1, 0.15) is 12.5 Å². The van der Waals surface area contributed by atoms with Crippen molar-refractivity contribution in [3.05, 3.63) is 65.9 Å². The van der Waals surface area contributed by atoms with Gasteiger partial charge in [-0.3, -0.25) is 14.6 Å². The molecule has 1 heterocycles. The molecule has 0 saturated heterocycles. The lowest BCUT2D eigenvalue weighted by Crippen LogP contribution is -2.27. The first-order valence-electron chi connectivity index (χ1n) is 7.80. The maximum absolute atomic E-state index is 12.4. The van der Waals surface area contributed by atoms with Gasteiger partial charge in [0.1, 0.15) is 17.2 Å². The molecule has 0 amide bonds. The minimum absolute atomic E-state index is 0.241. The van der Waals surface area contributed by atoms with E-state index in [4.69, 9.17) is 4.74 Å². The Morgan fingerprint density at radius 3 is 2.52 bits per heavy atom. The van der Waals surface area contributed by atoms with Crippen LogP contribution in [0.5, 0.6) is 11.5 Å². The van der Waals surface area contributed by atoms with Gasteiger partial charge in [0, 0.05) is 5.71 Å². The zero-order valence-corrected chi connectivity index (χ0v) is 13.9. The first-order valence-corrected chi connectivity index (χ1v) is 7.80. The van der Waals surface area contributed by atoms with Gasteiger partial charge in [-0.05, 0) is 42.8 Å². The molecule has 0 bridgehead atoms. The Morgan fingerprint density at radius 1 is 1.08 bits per heavy atom. The summed E-state index contributed by atoms with van der Waals surface area (Å²) in [5.41, 5.74) is 1.45. The molecule has 2 aromatic rings. The maximum Gasteiger partial charge on any atom is 0.322 e. The third kappa shape index (κ3) is 3.66. The molecule has 2 aromatic carbocycles. The molecule has 1 unspecified atom stereocenters. The van der Waals surface area contributed by atoms with Crippen LogP contribution >= 0.6 is 0 Å². The van der Waals surface area contributed by atoms with Gasteiger partial charge in [0.15, 0.2) is 5.92 Å². The maximum atomic E-state index is 12.4. The summed E-state index contributed by atoms with van der Waals surface area (Å²) in [6, 6.07) is 16.7. The van der Waals surface area contributed by atoms with Crippen LogP contribution in [0.3, 0.4) is 0 Å². The van der Waals surface area contributed by atoms with Gasteiger partial charge in [0.25, 0.3) is 0 Å². The molecule has 0 aromatic heterocycles. The van der Waals surface area contributed by atoms with Gasteiger partial charge in [-0.15, -0.1) is 0 Å². The largest absolute Gasteiger partial charge is 0.468 e. The highest BCUT2D eigenvalue weighted by molar-refractivity contribution is 6.28. The molecule has 0 spiro atoms. The second kappa shape index (κ2) is 7.13. The summed E-state index contributed by atoms with van der Waals surface area (Å²) in [6.45, 7) is 1.65. The minimum atomic E-state index is -0.944. The lowest BCUT2D eigenvalue weighted by Gasteiger charge is -2.06. The number of aliphatic imine (C=N–C) groups is 1. The summed E-state index contributed by atoms with van der Waals surface area (Å²) in [6.07, 6.45) is 1.65. The first-order chi connectivity index (χ1) is 12.1. The van der Waals surface area contributed by atoms with E-state index in [1.54, 1.807) is 13.0 Å². The Labute approximate surface area is 145 Å². The summed E-state index contributed by atoms with van der Waals surface area (Å²) >= 11 is 0. The number of hydrogen-bond donors (Lipinski definition) is 0. The Kier molecular flexibility index (Phi) is 4.75. The van der Waals surface area contributed by atoms with Crippen molar-refractivity contribution in [2.24, 2.45) is 10.9 Å². The van der Waals surface area contributed by atoms with E-state index >= 15 is 0 Å². The van der Waals surface area contributed by atoms with Crippen molar-refractivity contribution in [1.82, 2.24) is 0 Å². The Balaban J connectivity index is 1.84. The summed E-state index contributed by atoms with van der Waals surface area (Å²) < 4.78 is 10.5. The predicted octanol–water partition coefficient (Wildman–Crippen LogP) is 3.65. The van der Waals surface area contributed by atoms with Gasteiger partial charge in [-0.2, -0.15) is 0 Å². The number of para-hydroxylation sites is 1. The van der Waals surface area contributed by atoms with Crippen molar-refractivity contribution in [3.8, 4) is 11.5 Å². The molecular formula is C20H17NO4. The molecule has 1 aliphatic rings. The van der Waals surface area contributed by atoms with Crippen molar-refractivity contribution in [3.63, 3.8) is 0 Å². The third-order valence-electron chi connectivity index (χ3n) is 3.81. The molecule has 0 N–H and O–H groups in total. The van der Waals surface area contributed by atoms with Crippen LogP contribution in [0.25, 0.3) is 6.08 Å². The highest BCUT2D eigenvalue weighted by atomic mass is 16.5. The Bertz CT molecular complexity index is 868. The van der Waals surface area contributed by atoms with Crippen LogP contribution in [0.2, 0.25) is 0 Å². The van der Waals surface area contributed by atoms with Crippen LogP contribution in [0.15, 0.2) is 65.3 Å². The number of rotatable bonds is 4. The molecule has 3 rings (SSSR count). The van der Waals surface area contributed by atoms with Gasteiger partial charge >= 0.3 is 5.97 Å². The van der Waals surface area contributed by atoms with Gasteiger partial charge in [-0.25, -0.2) is 0 Å². The molecule has 0 aliphatic carbocycles. The minimum Gasteiger partial charge on any atom is -0.468 e. The molecule has 1 atom stereocenters. The lowest BCUT2D eigenvalue weighted by molar-refractivity contribution is -0.145. The number of nitrogens with zero attached hydrogens (tertiary/aromatic N) is 1. The second-order valence-electron chi connectivity index (χ2n) is 5.59. The number of carbonyl (C=O) groups excluding carboxylic acids is 2. The van der Waals surface area contributed by atoms with E-state index in [-0.39, 0.29) is 11.5 Å². The van der Waals surface area contributed by atoms with Gasteiger partial charge in [0.2, 0.25) is 5.78 Å². The quantitative estimate of drug-likeness (QED) is 0.486. The first kappa shape index (κ1) is 16.6. The molecule has 0 fully saturated rings. The number of allylic oxidation sites excluding steroid dienone is 1. The smallest absolute Gasteiger partial charge is 0.322 e. The van der Waals surface area contributed by atoms with E-state index in [2.05, 4.69) is 9.73 Å². The topological polar surface area (TPSA) is 65.0 Å². The SMILES string of the molecule is COC(=O)C1C(=O)/C(=C\c2cccc(Oc3ccccc3)c2)N=C1C. The number of ketones is 1. The molecule has 5 nitrogen and oxygen atoms in total. The zero-order chi connectivity index (χ0) is 17.8. The second-order valence-corrected chi connectivity index (χ2v) is 5.59. The van der Waals surface area contributed by atoms with Crippen molar-refractivity contribution < 1.29 is 19.1 Å². The number of methoxy groups -OCH3 is 1. The van der Waals surface area contributed by atoms with Crippen molar-refractivity contribution in [2.75, 3.05) is 7.11 Å². The molecule has 1 aliphatic heterocycles. The number of esters is 1. The molecule has 126 valence electrons. The Hall–Kier alpha value is -3.21. The van der Waals surface area contributed by atoms with Crippen LogP contribution in [-0.4, -0.2) is 24.6 Å².